The largest absolute Gasteiger partial charge is 0.416 e. The van der Waals surface area contributed by atoms with E-state index in [0.29, 0.717) is 23.6 Å². The number of amides is 1. The molecule has 3 heterocycles. The number of alkyl halides is 3. The molecule has 12 heteroatoms. The lowest BCUT2D eigenvalue weighted by Gasteiger charge is -2.28. The third-order valence-corrected chi connectivity index (χ3v) is 7.41. The van der Waals surface area contributed by atoms with Crippen LogP contribution in [-0.4, -0.2) is 56.5 Å². The fourth-order valence-electron chi connectivity index (χ4n) is 5.15. The van der Waals surface area contributed by atoms with Crippen LogP contribution in [0.3, 0.4) is 0 Å². The molecule has 1 fully saturated rings. The number of benzene rings is 2. The van der Waals surface area contributed by atoms with Crippen LogP contribution in [0.2, 0.25) is 0 Å². The van der Waals surface area contributed by atoms with E-state index in [1.807, 2.05) is 7.05 Å². The monoisotopic (exact) mass is 563 g/mol. The predicted molar refractivity (Wildman–Crippen MR) is 148 cm³/mol. The topological polar surface area (TPSA) is 81.5 Å². The summed E-state index contributed by atoms with van der Waals surface area (Å²) in [6.45, 7) is 11.0. The lowest BCUT2D eigenvalue weighted by Crippen LogP contribution is -2.41. The van der Waals surface area contributed by atoms with Crippen LogP contribution in [0.15, 0.2) is 65.6 Å². The van der Waals surface area contributed by atoms with E-state index in [0.717, 1.165) is 47.2 Å². The fraction of sp³-hybridized carbons (Fsp3) is 0.310. The molecule has 1 saturated heterocycles. The molecule has 0 aliphatic carbocycles. The second-order valence-electron chi connectivity index (χ2n) is 10.1. The maximum Gasteiger partial charge on any atom is 0.416 e. The highest BCUT2D eigenvalue weighted by Gasteiger charge is 2.32. The summed E-state index contributed by atoms with van der Waals surface area (Å²) in [6, 6.07) is 12.0. The van der Waals surface area contributed by atoms with Crippen molar-refractivity contribution < 1.29 is 18.0 Å². The highest BCUT2D eigenvalue weighted by Crippen LogP contribution is 2.32. The second-order valence-corrected chi connectivity index (χ2v) is 10.1. The van der Waals surface area contributed by atoms with Gasteiger partial charge in [-0.2, -0.15) is 18.3 Å². The fourth-order valence-corrected chi connectivity index (χ4v) is 5.15. The normalized spacial score (nSPS) is 14.6. The summed E-state index contributed by atoms with van der Waals surface area (Å²) in [6.07, 6.45) is -1.31. The molecule has 0 atom stereocenters. The Morgan fingerprint density at radius 3 is 2.46 bits per heavy atom. The summed E-state index contributed by atoms with van der Waals surface area (Å²) in [5, 5.41) is 7.25. The van der Waals surface area contributed by atoms with Gasteiger partial charge in [0.2, 0.25) is 0 Å². The molecule has 4 aromatic rings. The second kappa shape index (κ2) is 11.1. The van der Waals surface area contributed by atoms with Crippen LogP contribution >= 0.6 is 0 Å². The van der Waals surface area contributed by atoms with E-state index in [4.69, 9.17) is 6.57 Å². The first kappa shape index (κ1) is 27.9. The molecule has 41 heavy (non-hydrogen) atoms. The first-order valence-electron chi connectivity index (χ1n) is 13.1. The van der Waals surface area contributed by atoms with Crippen LogP contribution < -0.4 is 11.0 Å². The van der Waals surface area contributed by atoms with E-state index in [1.54, 1.807) is 37.3 Å². The van der Waals surface area contributed by atoms with Gasteiger partial charge in [0.05, 0.1) is 41.1 Å². The molecule has 212 valence electrons. The quantitative estimate of drug-likeness (QED) is 0.336. The van der Waals surface area contributed by atoms with Crippen molar-refractivity contribution in [2.75, 3.05) is 26.7 Å². The number of aromatic nitrogens is 4. The molecule has 1 amide bonds. The van der Waals surface area contributed by atoms with Gasteiger partial charge in [-0.1, -0.05) is 18.2 Å². The van der Waals surface area contributed by atoms with Crippen LogP contribution in [-0.2, 0) is 6.18 Å². The SMILES string of the molecule is [C-]#[N+]c1ccc(-n2nccc2-c2c(C)n(-c3cccc(C(F)(F)F)c3)c(=O)n2C(=O)NCC2CCN(C)CC2)cc1. The summed E-state index contributed by atoms with van der Waals surface area (Å²) in [4.78, 5) is 33.1. The van der Waals surface area contributed by atoms with Crippen LogP contribution in [0.1, 0.15) is 24.1 Å². The Balaban J connectivity index is 1.62. The zero-order valence-electron chi connectivity index (χ0n) is 22.5. The van der Waals surface area contributed by atoms with Crippen molar-refractivity contribution in [3.8, 4) is 22.8 Å². The molecular formula is C29H28F3N7O2. The van der Waals surface area contributed by atoms with E-state index >= 15 is 0 Å². The smallest absolute Gasteiger partial charge is 0.337 e. The number of nitrogens with zero attached hydrogens (tertiary/aromatic N) is 6. The third kappa shape index (κ3) is 5.53. The van der Waals surface area contributed by atoms with Crippen molar-refractivity contribution in [1.82, 2.24) is 29.1 Å². The molecule has 2 aromatic heterocycles. The Morgan fingerprint density at radius 2 is 1.80 bits per heavy atom. The maximum absolute atomic E-state index is 13.8. The summed E-state index contributed by atoms with van der Waals surface area (Å²) >= 11 is 0. The van der Waals surface area contributed by atoms with Gasteiger partial charge in [0.25, 0.3) is 0 Å². The summed E-state index contributed by atoms with van der Waals surface area (Å²) in [5.74, 6) is 0.243. The van der Waals surface area contributed by atoms with Gasteiger partial charge >= 0.3 is 17.9 Å². The molecule has 1 aliphatic heterocycles. The van der Waals surface area contributed by atoms with Crippen molar-refractivity contribution in [2.24, 2.45) is 5.92 Å². The molecular weight excluding hydrogens is 535 g/mol. The number of hydrogen-bond acceptors (Lipinski definition) is 4. The van der Waals surface area contributed by atoms with Gasteiger partial charge in [0.1, 0.15) is 5.69 Å². The van der Waals surface area contributed by atoms with Gasteiger partial charge in [0.15, 0.2) is 5.69 Å². The average Bonchev–Trinajstić information content (AvgIpc) is 3.54. The van der Waals surface area contributed by atoms with Gasteiger partial charge in [-0.15, -0.1) is 0 Å². The number of piperidine rings is 1. The lowest BCUT2D eigenvalue weighted by atomic mass is 9.97. The first-order valence-corrected chi connectivity index (χ1v) is 13.1. The number of hydrogen-bond donors (Lipinski definition) is 1. The van der Waals surface area contributed by atoms with Crippen molar-refractivity contribution in [3.63, 3.8) is 0 Å². The average molecular weight is 564 g/mol. The van der Waals surface area contributed by atoms with Crippen molar-refractivity contribution in [3.05, 3.63) is 94.0 Å². The van der Waals surface area contributed by atoms with Gasteiger partial charge < -0.3 is 10.2 Å². The molecule has 1 N–H and O–H groups in total. The number of likely N-dealkylation sites (tertiary alicyclic amines) is 1. The van der Waals surface area contributed by atoms with Crippen molar-refractivity contribution in [1.29, 1.82) is 0 Å². The molecule has 0 unspecified atom stereocenters. The lowest BCUT2D eigenvalue weighted by molar-refractivity contribution is -0.137. The first-order chi connectivity index (χ1) is 19.6. The minimum atomic E-state index is -4.61. The molecule has 0 radical (unpaired) electrons. The number of carbonyl (C=O) groups excluding carboxylic acids is 1. The Labute approximate surface area is 234 Å². The maximum atomic E-state index is 13.8. The standard InChI is InChI=1S/C29H28F3N7O2/c1-19-26(25-11-14-35-39(25)23-9-7-22(33-2)8-10-23)38(27(40)34-18-20-12-15-36(3)16-13-20)28(41)37(19)24-6-4-5-21(17-24)29(30,31)32/h4-11,14,17,20H,12-13,15-16,18H2,1,3H3,(H,34,40). The number of nitrogens with one attached hydrogen (secondary N) is 1. The molecule has 5 rings (SSSR count). The molecule has 0 saturated carbocycles. The summed E-state index contributed by atoms with van der Waals surface area (Å²) in [5.41, 5.74) is 0.131. The number of halogens is 3. The Bertz CT molecular complexity index is 1670. The molecule has 2 aromatic carbocycles. The van der Waals surface area contributed by atoms with Crippen LogP contribution in [0.4, 0.5) is 23.7 Å². The zero-order chi connectivity index (χ0) is 29.3. The molecule has 1 aliphatic rings. The van der Waals surface area contributed by atoms with Gasteiger partial charge in [-0.3, -0.25) is 4.57 Å². The summed E-state index contributed by atoms with van der Waals surface area (Å²) < 4.78 is 44.2. The van der Waals surface area contributed by atoms with Crippen LogP contribution in [0.5, 0.6) is 0 Å². The zero-order valence-corrected chi connectivity index (χ0v) is 22.5. The number of rotatable bonds is 5. The van der Waals surface area contributed by atoms with Gasteiger partial charge in [0, 0.05) is 6.54 Å². The van der Waals surface area contributed by atoms with E-state index in [-0.39, 0.29) is 23.0 Å². The Morgan fingerprint density at radius 1 is 1.10 bits per heavy atom. The molecule has 0 bridgehead atoms. The molecule has 0 spiro atoms. The number of carbonyl (C=O) groups is 1. The highest BCUT2D eigenvalue weighted by atomic mass is 19.4. The highest BCUT2D eigenvalue weighted by molar-refractivity contribution is 5.83. The Kier molecular flexibility index (Phi) is 7.55. The minimum absolute atomic E-state index is 0.0158. The van der Waals surface area contributed by atoms with Crippen molar-refractivity contribution in [2.45, 2.75) is 25.9 Å². The van der Waals surface area contributed by atoms with Gasteiger partial charge in [-0.25, -0.2) is 23.7 Å². The van der Waals surface area contributed by atoms with E-state index in [2.05, 4.69) is 20.2 Å². The minimum Gasteiger partial charge on any atom is -0.337 e. The van der Waals surface area contributed by atoms with Crippen molar-refractivity contribution >= 4 is 11.7 Å². The predicted octanol–water partition coefficient (Wildman–Crippen LogP) is 5.27. The van der Waals surface area contributed by atoms with Crippen LogP contribution in [0, 0.1) is 19.4 Å². The Hall–Kier alpha value is -4.63. The third-order valence-electron chi connectivity index (χ3n) is 7.41. The van der Waals surface area contributed by atoms with E-state index in [1.165, 1.54) is 23.0 Å². The van der Waals surface area contributed by atoms with E-state index < -0.39 is 23.5 Å². The molecule has 9 nitrogen and oxygen atoms in total. The number of imidazole rings is 1. The van der Waals surface area contributed by atoms with Gasteiger partial charge in [-0.05, 0) is 82.2 Å². The van der Waals surface area contributed by atoms with E-state index in [9.17, 15) is 22.8 Å². The summed E-state index contributed by atoms with van der Waals surface area (Å²) in [7, 11) is 2.04. The van der Waals surface area contributed by atoms with Crippen LogP contribution in [0.25, 0.3) is 27.6 Å².